The Morgan fingerprint density at radius 2 is 0.800 bits per heavy atom. The summed E-state index contributed by atoms with van der Waals surface area (Å²) in [5.74, 6) is -1.11. The maximum absolute atomic E-state index is 15.0. The number of benzene rings is 8. The van der Waals surface area contributed by atoms with E-state index in [0.717, 1.165) is 183 Å². The molecule has 17 aromatic rings. The average molecular weight is 2050 g/mol. The van der Waals surface area contributed by atoms with Crippen molar-refractivity contribution in [2.45, 2.75) is 167 Å². The zero-order chi connectivity index (χ0) is 103. The fraction of sp³-hybridized carbons (Fsp3) is 0.301. The van der Waals surface area contributed by atoms with E-state index in [1.54, 1.807) is 69.6 Å². The molecule has 20 rings (SSSR count). The summed E-state index contributed by atoms with van der Waals surface area (Å²) >= 11 is 33.2. The van der Waals surface area contributed by atoms with Crippen LogP contribution in [-0.4, -0.2) is 148 Å². The molecule has 3 N–H and O–H groups in total. The molecule has 0 saturated heterocycles. The Bertz CT molecular complexity index is 8080. The van der Waals surface area contributed by atoms with Gasteiger partial charge in [0.05, 0.1) is 104 Å². The number of aromatic carboxylic acids is 3. The van der Waals surface area contributed by atoms with E-state index in [9.17, 15) is 44.1 Å². The van der Waals surface area contributed by atoms with Gasteiger partial charge in [0.15, 0.2) is 0 Å². The number of amides is 3. The summed E-state index contributed by atoms with van der Waals surface area (Å²) in [6.07, 6.45) is 9.09. The highest BCUT2D eigenvalue weighted by Crippen LogP contribution is 2.49. The number of fused-ring (bicyclic) bond motifs is 11. The number of hydrogen-bond acceptors (Lipinski definition) is 15. The fourth-order valence-electron chi connectivity index (χ4n) is 21.4. The number of carbonyl (C=O) groups excluding carboxylic acids is 3. The molecule has 3 amide bonds. The number of carbonyl (C=O) groups is 6. The quantitative estimate of drug-likeness (QED) is 0.0448. The van der Waals surface area contributed by atoms with Gasteiger partial charge < -0.3 is 62.3 Å². The van der Waals surface area contributed by atoms with Crippen molar-refractivity contribution in [2.75, 3.05) is 49.3 Å². The Labute approximate surface area is 863 Å². The molecule has 27 nitrogen and oxygen atoms in total. The number of hydrogen-bond donors (Lipinski definition) is 3. The minimum absolute atomic E-state index is 0.106. The molecule has 12 heterocycles. The fourth-order valence-corrected chi connectivity index (χ4v) is 22.3. The number of nitrogens with zero attached hydrogens (tertiary/aromatic N) is 14. The summed E-state index contributed by atoms with van der Waals surface area (Å²) in [4.78, 5) is 94.2. The van der Waals surface area contributed by atoms with E-state index < -0.39 is 17.9 Å². The number of carboxylic acids is 3. The zero-order valence-electron chi connectivity index (χ0n) is 83.4. The Hall–Kier alpha value is -14.2. The minimum Gasteiger partial charge on any atom is -0.494 e. The third kappa shape index (κ3) is 19.0. The first kappa shape index (κ1) is 101. The van der Waals surface area contributed by atoms with Crippen molar-refractivity contribution in [1.29, 1.82) is 0 Å². The van der Waals surface area contributed by atoms with Crippen LogP contribution in [0, 0.1) is 83.1 Å². The van der Waals surface area contributed by atoms with E-state index in [2.05, 4.69) is 53.9 Å². The summed E-state index contributed by atoms with van der Waals surface area (Å²) in [6.45, 7) is 28.7. The maximum atomic E-state index is 15.0. The number of rotatable bonds is 25. The van der Waals surface area contributed by atoms with Gasteiger partial charge in [-0.25, -0.2) is 14.4 Å². The Morgan fingerprint density at radius 3 is 1.25 bits per heavy atom. The van der Waals surface area contributed by atoms with Crippen LogP contribution in [0.25, 0.3) is 87.9 Å². The number of furan rings is 1. The van der Waals surface area contributed by atoms with Crippen LogP contribution in [0.1, 0.15) is 191 Å². The zero-order valence-corrected chi connectivity index (χ0v) is 87.2. The smallest absolute Gasteiger partial charge is 0.371 e. The number of aromatic nitrogens is 11. The molecule has 0 saturated carbocycles. The van der Waals surface area contributed by atoms with Crippen LogP contribution >= 0.6 is 58.0 Å². The van der Waals surface area contributed by atoms with Crippen LogP contribution in [0.15, 0.2) is 156 Å². The molecular weight excluding hydrogens is 1940 g/mol. The molecule has 0 unspecified atom stereocenters. The van der Waals surface area contributed by atoms with Crippen molar-refractivity contribution < 1.29 is 62.7 Å². The van der Waals surface area contributed by atoms with Gasteiger partial charge in [0.2, 0.25) is 5.76 Å². The van der Waals surface area contributed by atoms with E-state index in [0.29, 0.717) is 183 Å². The number of anilines is 2. The SMILES string of the molecule is Cc1cc(OCCCc2c3n(c4c(-c5c(C)nn(C)c5C)c(Cl)ccc24)CCCN(Cc2ccc(C(=O)O)o2)C3=O)cc(C)c1Cl.Cc1cc(OCCCc2c3n(c4c(-c5c(C)nn(C)c5C)c(Cl)ccc24)CCCN(c2ccc(C(=O)O)c4cccnc24)C3=O)cc(C)c1Cl.Cc1cc(OCCCc2c3n(c4c(-c5c(C)nn(C)c5C)cccc24)CCCN(c2ccnc4c(C(=O)O)cccc24)C3=O)cc(C)c1Cl. The lowest BCUT2D eigenvalue weighted by molar-refractivity contribution is 0.0651. The molecule has 0 atom stereocenters. The average Bonchev–Trinajstić information content (AvgIpc) is 1.56. The number of pyridine rings is 2. The van der Waals surface area contributed by atoms with Crippen LogP contribution in [0.3, 0.4) is 0 Å². The molecule has 145 heavy (non-hydrogen) atoms. The number of para-hydroxylation sites is 2. The second-order valence-corrected chi connectivity index (χ2v) is 39.6. The van der Waals surface area contributed by atoms with E-state index >= 15 is 0 Å². The molecule has 8 aromatic carbocycles. The van der Waals surface area contributed by atoms with Crippen LogP contribution in [0.4, 0.5) is 11.4 Å². The van der Waals surface area contributed by atoms with Crippen LogP contribution < -0.4 is 24.0 Å². The van der Waals surface area contributed by atoms with Gasteiger partial charge in [0.25, 0.3) is 17.7 Å². The van der Waals surface area contributed by atoms with Gasteiger partial charge >= 0.3 is 17.9 Å². The van der Waals surface area contributed by atoms with Crippen LogP contribution in [-0.2, 0) is 66.6 Å². The van der Waals surface area contributed by atoms with Crippen LogP contribution in [0.5, 0.6) is 17.2 Å². The summed E-state index contributed by atoms with van der Waals surface area (Å²) in [5.41, 5.74) is 27.1. The Kier molecular flexibility index (Phi) is 28.9. The largest absolute Gasteiger partial charge is 0.494 e. The predicted molar refractivity (Wildman–Crippen MR) is 570 cm³/mol. The van der Waals surface area contributed by atoms with E-state index in [-0.39, 0.29) is 41.2 Å². The normalized spacial score (nSPS) is 13.3. The van der Waals surface area contributed by atoms with Crippen molar-refractivity contribution in [3.05, 3.63) is 301 Å². The molecule has 32 heteroatoms. The van der Waals surface area contributed by atoms with Gasteiger partial charge in [-0.05, 0) is 282 Å². The van der Waals surface area contributed by atoms with Crippen molar-refractivity contribution in [3.8, 4) is 50.6 Å². The van der Waals surface area contributed by atoms with Crippen molar-refractivity contribution in [3.63, 3.8) is 0 Å². The maximum Gasteiger partial charge on any atom is 0.371 e. The monoisotopic (exact) mass is 2050 g/mol. The highest BCUT2D eigenvalue weighted by Gasteiger charge is 2.39. The molecule has 0 bridgehead atoms. The molecule has 0 fully saturated rings. The third-order valence-corrected chi connectivity index (χ3v) is 30.7. The Morgan fingerprint density at radius 1 is 0.386 bits per heavy atom. The van der Waals surface area contributed by atoms with Crippen LogP contribution in [0.2, 0.25) is 25.1 Å². The first-order valence-corrected chi connectivity index (χ1v) is 50.4. The summed E-state index contributed by atoms with van der Waals surface area (Å²) < 4.78 is 36.1. The molecule has 3 aliphatic heterocycles. The van der Waals surface area contributed by atoms with Gasteiger partial charge in [-0.3, -0.25) is 38.4 Å². The molecule has 0 radical (unpaired) electrons. The summed E-state index contributed by atoms with van der Waals surface area (Å²) in [6, 6.07) is 42.4. The third-order valence-electron chi connectivity index (χ3n) is 28.3. The van der Waals surface area contributed by atoms with E-state index in [1.807, 2.05) is 184 Å². The standard InChI is InChI=1S/C39H37Cl2N5O4.C39H38ClN5O4.C35H36Cl2N4O5/c1-21-19-25(20-22(2)34(21)41)50-18-7-10-27-28-11-13-30(40)33(32-23(3)43-44(5)24(32)4)36(28)46-17-8-16-45(38(47)37(27)46)31-14-12-29(39(48)49)26-9-6-15-42-35(26)31;1-22-20-26(21-23(2)34(22)40)49-19-8-14-28-27-10-6-12-30(33-24(3)42-43(5)25(33)4)36(27)45-18-9-17-44(38(46)37(28)45)32-15-16-41-35-29(32)11-7-13-31(35)39(47)48;1-19-16-24(17-20(2)31(19)37)45-15-6-8-25-26-10-11-27(36)30(29-21(3)38-39(5)22(29)4)32(26)41-14-7-13-40(34(42)33(25)41)18-23-9-12-28(46-23)35(43)44/h6,9,11-15,19-20H,7-8,10,16-18H2,1-5H3,(H,48,49);6-7,10-13,15-16,20-21H,8-9,14,17-19H2,1-5H3,(H,47,48);9-12,16-17H,6-8,13-15,18H2,1-5H3,(H,43,44). The van der Waals surface area contributed by atoms with Crippen molar-refractivity contribution in [2.24, 2.45) is 21.1 Å². The Balaban J connectivity index is 0.000000143. The minimum atomic E-state index is -1.15. The highest BCUT2D eigenvalue weighted by atomic mass is 35.5. The first-order valence-electron chi connectivity index (χ1n) is 48.5. The first-order chi connectivity index (χ1) is 69.5. The number of ether oxygens (including phenoxy) is 3. The lowest BCUT2D eigenvalue weighted by Gasteiger charge is -2.23. The lowest BCUT2D eigenvalue weighted by atomic mass is 9.98. The predicted octanol–water partition coefficient (Wildman–Crippen LogP) is 25.1. The van der Waals surface area contributed by atoms with Gasteiger partial charge in [-0.1, -0.05) is 107 Å². The van der Waals surface area contributed by atoms with Gasteiger partial charge in [0.1, 0.15) is 40.1 Å². The topological polar surface area (TPSA) is 308 Å². The second kappa shape index (κ2) is 41.5. The summed E-state index contributed by atoms with van der Waals surface area (Å²) in [5, 5.41) is 50.6. The van der Waals surface area contributed by atoms with E-state index in [4.69, 9.17) is 86.8 Å². The molecular formula is C113H111Cl5N14O13. The molecule has 0 aliphatic carbocycles. The van der Waals surface area contributed by atoms with E-state index in [1.165, 1.54) is 6.07 Å². The molecule has 3 aliphatic rings. The number of carboxylic acid groups (broad SMARTS) is 3. The van der Waals surface area contributed by atoms with Crippen molar-refractivity contribution in [1.82, 2.24) is 57.9 Å². The van der Waals surface area contributed by atoms with Gasteiger partial charge in [0, 0.05) is 165 Å². The molecule has 746 valence electrons. The highest BCUT2D eigenvalue weighted by molar-refractivity contribution is 6.36. The molecule has 9 aromatic heterocycles. The van der Waals surface area contributed by atoms with Gasteiger partial charge in [-0.2, -0.15) is 15.3 Å². The number of aryl methyl sites for hydroxylation is 18. The lowest BCUT2D eigenvalue weighted by Crippen LogP contribution is -2.32. The second-order valence-electron chi connectivity index (χ2n) is 37.7. The van der Waals surface area contributed by atoms with Crippen molar-refractivity contribution >= 4 is 160 Å². The molecule has 0 spiro atoms. The van der Waals surface area contributed by atoms with Gasteiger partial charge in [-0.15, -0.1) is 0 Å². The summed E-state index contributed by atoms with van der Waals surface area (Å²) in [7, 11) is 5.79. The number of halogens is 5.